The molecule has 0 aliphatic heterocycles. The highest BCUT2D eigenvalue weighted by atomic mass is 35.5. The van der Waals surface area contributed by atoms with Gasteiger partial charge in [0.2, 0.25) is 0 Å². The zero-order chi connectivity index (χ0) is 24.9. The topological polar surface area (TPSA) is 55.1 Å². The van der Waals surface area contributed by atoms with Gasteiger partial charge in [0.05, 0.1) is 28.1 Å². The summed E-state index contributed by atoms with van der Waals surface area (Å²) in [6.45, 7) is 1.35. The van der Waals surface area contributed by atoms with E-state index >= 15 is 0 Å². The predicted molar refractivity (Wildman–Crippen MR) is 112 cm³/mol. The van der Waals surface area contributed by atoms with Gasteiger partial charge in [0.15, 0.2) is 0 Å². The monoisotopic (exact) mass is 498 g/mol. The summed E-state index contributed by atoms with van der Waals surface area (Å²) < 4.78 is 86.0. The Balaban J connectivity index is 2.01. The van der Waals surface area contributed by atoms with Crippen molar-refractivity contribution in [3.05, 3.63) is 87.7 Å². The summed E-state index contributed by atoms with van der Waals surface area (Å²) in [5, 5.41) is 12.6. The Hall–Kier alpha value is -3.53. The fourth-order valence-electron chi connectivity index (χ4n) is 3.86. The number of carbonyl (C=O) groups is 1. The quantitative estimate of drug-likeness (QED) is 0.305. The highest BCUT2D eigenvalue weighted by Crippen LogP contribution is 2.41. The second kappa shape index (κ2) is 8.35. The number of benzene rings is 3. The fraction of sp³-hybridized carbons (Fsp3) is 0.130. The fourth-order valence-corrected chi connectivity index (χ4v) is 4.19. The first-order valence-electron chi connectivity index (χ1n) is 9.66. The zero-order valence-electron chi connectivity index (χ0n) is 17.1. The van der Waals surface area contributed by atoms with E-state index in [1.165, 1.54) is 25.1 Å². The van der Waals surface area contributed by atoms with E-state index in [4.69, 9.17) is 16.7 Å². The average Bonchev–Trinajstić information content (AvgIpc) is 3.14. The van der Waals surface area contributed by atoms with Crippen molar-refractivity contribution in [3.63, 3.8) is 0 Å². The molecule has 0 saturated heterocycles. The maximum Gasteiger partial charge on any atom is 0.416 e. The Morgan fingerprint density at radius 1 is 1.03 bits per heavy atom. The summed E-state index contributed by atoms with van der Waals surface area (Å²) in [4.78, 5) is 11.1. The molecule has 4 rings (SSSR count). The van der Waals surface area contributed by atoms with Gasteiger partial charge in [-0.2, -0.15) is 18.3 Å². The lowest BCUT2D eigenvalue weighted by Gasteiger charge is -2.21. The van der Waals surface area contributed by atoms with Gasteiger partial charge in [-0.1, -0.05) is 23.7 Å². The number of hydrogen-bond acceptors (Lipinski definition) is 2. The van der Waals surface area contributed by atoms with Crippen molar-refractivity contribution in [2.45, 2.75) is 19.1 Å². The molecular formula is C23H13ClF6N2O2. The van der Waals surface area contributed by atoms with Crippen LogP contribution in [0, 0.1) is 17.5 Å². The lowest BCUT2D eigenvalue weighted by molar-refractivity contribution is -0.138. The second-order valence-corrected chi connectivity index (χ2v) is 7.83. The van der Waals surface area contributed by atoms with Crippen LogP contribution in [0.15, 0.2) is 48.5 Å². The molecule has 0 aliphatic carbocycles. The van der Waals surface area contributed by atoms with Gasteiger partial charge in [0.1, 0.15) is 23.1 Å². The van der Waals surface area contributed by atoms with Crippen LogP contribution < -0.4 is 0 Å². The number of aromatic nitrogens is 2. The van der Waals surface area contributed by atoms with Crippen molar-refractivity contribution in [1.82, 2.24) is 9.78 Å². The average molecular weight is 499 g/mol. The molecule has 1 N–H and O–H groups in total. The molecule has 3 aromatic carbocycles. The summed E-state index contributed by atoms with van der Waals surface area (Å²) in [7, 11) is 0. The third-order valence-electron chi connectivity index (χ3n) is 5.37. The van der Waals surface area contributed by atoms with Crippen LogP contribution in [0.1, 0.15) is 34.5 Å². The molecule has 0 aliphatic rings. The van der Waals surface area contributed by atoms with Crippen molar-refractivity contribution < 1.29 is 36.2 Å². The molecular weight excluding hydrogens is 486 g/mol. The Morgan fingerprint density at radius 2 is 1.71 bits per heavy atom. The Kier molecular flexibility index (Phi) is 5.80. The van der Waals surface area contributed by atoms with Crippen LogP contribution in [-0.4, -0.2) is 20.9 Å². The van der Waals surface area contributed by atoms with Crippen LogP contribution in [0.2, 0.25) is 5.02 Å². The number of rotatable bonds is 4. The van der Waals surface area contributed by atoms with Gasteiger partial charge in [0, 0.05) is 16.1 Å². The molecule has 0 spiro atoms. The Labute approximate surface area is 193 Å². The molecule has 4 aromatic rings. The van der Waals surface area contributed by atoms with Gasteiger partial charge >= 0.3 is 12.1 Å². The molecule has 0 bridgehead atoms. The van der Waals surface area contributed by atoms with E-state index in [1.807, 2.05) is 0 Å². The molecule has 1 heterocycles. The lowest BCUT2D eigenvalue weighted by atomic mass is 10.0. The third-order valence-corrected chi connectivity index (χ3v) is 5.70. The molecule has 0 saturated carbocycles. The van der Waals surface area contributed by atoms with Crippen LogP contribution >= 0.6 is 11.6 Å². The normalized spacial score (nSPS) is 12.8. The molecule has 176 valence electrons. The van der Waals surface area contributed by atoms with Gasteiger partial charge in [-0.3, -0.25) is 4.68 Å². The molecule has 0 radical (unpaired) electrons. The highest BCUT2D eigenvalue weighted by Gasteiger charge is 2.36. The van der Waals surface area contributed by atoms with Crippen LogP contribution in [0.5, 0.6) is 0 Å². The molecule has 34 heavy (non-hydrogen) atoms. The van der Waals surface area contributed by atoms with Gasteiger partial charge in [-0.15, -0.1) is 0 Å². The number of halogens is 7. The van der Waals surface area contributed by atoms with Gasteiger partial charge in [-0.25, -0.2) is 18.0 Å². The van der Waals surface area contributed by atoms with Crippen molar-refractivity contribution >= 4 is 28.5 Å². The molecule has 1 atom stereocenters. The van der Waals surface area contributed by atoms with Crippen LogP contribution in [0.4, 0.5) is 26.3 Å². The first-order chi connectivity index (χ1) is 15.9. The highest BCUT2D eigenvalue weighted by molar-refractivity contribution is 6.31. The molecule has 11 heteroatoms. The number of alkyl halides is 3. The first-order valence-corrected chi connectivity index (χ1v) is 10.0. The molecule has 4 nitrogen and oxygen atoms in total. The van der Waals surface area contributed by atoms with Crippen molar-refractivity contribution in [3.8, 4) is 11.3 Å². The minimum absolute atomic E-state index is 0.00216. The standard InChI is InChI=1S/C23H13ClF6N2O2/c1-10(19-13(23(28,29)30)4-2-5-14(19)24)32-18-7-3-6-15(25)20(18)21(31-32)11-8-17(27)12(22(33)34)9-16(11)26/h2-10H,1H3,(H,33,34)/t10-/m1/s1. The van der Waals surface area contributed by atoms with Gasteiger partial charge < -0.3 is 5.11 Å². The Morgan fingerprint density at radius 3 is 2.35 bits per heavy atom. The summed E-state index contributed by atoms with van der Waals surface area (Å²) in [5.74, 6) is -5.09. The van der Waals surface area contributed by atoms with Crippen molar-refractivity contribution in [2.24, 2.45) is 0 Å². The maximum absolute atomic E-state index is 14.8. The van der Waals surface area contributed by atoms with Crippen molar-refractivity contribution in [1.29, 1.82) is 0 Å². The predicted octanol–water partition coefficient (Wildman–Crippen LogP) is 7.10. The minimum atomic E-state index is -4.76. The van der Waals surface area contributed by atoms with E-state index in [1.54, 1.807) is 0 Å². The van der Waals surface area contributed by atoms with E-state index in [0.717, 1.165) is 22.9 Å². The van der Waals surface area contributed by atoms with Gasteiger partial charge in [0.25, 0.3) is 0 Å². The number of carboxylic acid groups (broad SMARTS) is 1. The Bertz CT molecular complexity index is 1450. The first kappa shape index (κ1) is 23.6. The molecule has 0 fully saturated rings. The van der Waals surface area contributed by atoms with E-state index < -0.39 is 58.0 Å². The number of hydrogen-bond donors (Lipinski definition) is 1. The maximum atomic E-state index is 14.8. The summed E-state index contributed by atoms with van der Waals surface area (Å²) in [6, 6.07) is 6.68. The largest absolute Gasteiger partial charge is 0.478 e. The van der Waals surface area contributed by atoms with Crippen LogP contribution in [-0.2, 0) is 6.18 Å². The number of fused-ring (bicyclic) bond motifs is 1. The van der Waals surface area contributed by atoms with Gasteiger partial charge in [-0.05, 0) is 43.3 Å². The minimum Gasteiger partial charge on any atom is -0.478 e. The lowest BCUT2D eigenvalue weighted by Crippen LogP contribution is -2.16. The second-order valence-electron chi connectivity index (χ2n) is 7.42. The van der Waals surface area contributed by atoms with E-state index in [-0.39, 0.29) is 21.5 Å². The van der Waals surface area contributed by atoms with E-state index in [2.05, 4.69) is 5.10 Å². The summed E-state index contributed by atoms with van der Waals surface area (Å²) >= 11 is 6.10. The zero-order valence-corrected chi connectivity index (χ0v) is 17.8. The molecule has 1 aromatic heterocycles. The van der Waals surface area contributed by atoms with E-state index in [0.29, 0.717) is 12.1 Å². The smallest absolute Gasteiger partial charge is 0.416 e. The van der Waals surface area contributed by atoms with Crippen molar-refractivity contribution in [2.75, 3.05) is 0 Å². The SMILES string of the molecule is C[C@H](c1c(Cl)cccc1C(F)(F)F)n1nc(-c2cc(F)c(C(=O)O)cc2F)c2c(F)cccc21. The summed E-state index contributed by atoms with van der Waals surface area (Å²) in [5.41, 5.74) is -3.28. The van der Waals surface area contributed by atoms with Crippen LogP contribution in [0.3, 0.4) is 0 Å². The van der Waals surface area contributed by atoms with E-state index in [9.17, 15) is 31.1 Å². The number of nitrogens with zero attached hydrogens (tertiary/aromatic N) is 2. The molecule has 0 amide bonds. The number of aromatic carboxylic acids is 1. The third kappa shape index (κ3) is 3.87. The molecule has 0 unspecified atom stereocenters. The number of carboxylic acids is 1. The van der Waals surface area contributed by atoms with Crippen LogP contribution in [0.25, 0.3) is 22.2 Å². The summed E-state index contributed by atoms with van der Waals surface area (Å²) in [6.07, 6.45) is -4.76.